The van der Waals surface area contributed by atoms with Crippen LogP contribution < -0.4 is 4.90 Å². The van der Waals surface area contributed by atoms with E-state index < -0.39 is 9.84 Å². The van der Waals surface area contributed by atoms with Crippen molar-refractivity contribution >= 4 is 42.4 Å². The van der Waals surface area contributed by atoms with Crippen LogP contribution in [0.1, 0.15) is 22.3 Å². The summed E-state index contributed by atoms with van der Waals surface area (Å²) in [4.78, 5) is 24.3. The summed E-state index contributed by atoms with van der Waals surface area (Å²) in [6.07, 6.45) is 4.74. The van der Waals surface area contributed by atoms with Gasteiger partial charge in [-0.2, -0.15) is 0 Å². The number of amides is 1. The maximum Gasteiger partial charge on any atom is 0.233 e. The molecule has 1 amide bonds. The molecule has 0 aliphatic heterocycles. The highest BCUT2D eigenvalue weighted by atomic mass is 32.2. The fraction of sp³-hybridized carbons (Fsp3) is 0.208. The van der Waals surface area contributed by atoms with Gasteiger partial charge in [0.05, 0.1) is 28.1 Å². The van der Waals surface area contributed by atoms with Crippen LogP contribution in [0.25, 0.3) is 10.2 Å². The fourth-order valence-electron chi connectivity index (χ4n) is 3.42. The average molecular weight is 466 g/mol. The topological polar surface area (TPSA) is 80.2 Å². The highest BCUT2D eigenvalue weighted by molar-refractivity contribution is 7.90. The Morgan fingerprint density at radius 1 is 1.00 bits per heavy atom. The van der Waals surface area contributed by atoms with Crippen LogP contribution in [0, 0.1) is 13.8 Å². The Morgan fingerprint density at radius 3 is 2.34 bits per heavy atom. The zero-order chi connectivity index (χ0) is 22.9. The van der Waals surface area contributed by atoms with E-state index >= 15 is 0 Å². The second-order valence-corrected chi connectivity index (χ2v) is 10.8. The predicted octanol–water partition coefficient (Wildman–Crippen LogP) is 4.49. The quantitative estimate of drug-likeness (QED) is 0.419. The van der Waals surface area contributed by atoms with Crippen LogP contribution in [0.4, 0.5) is 5.13 Å². The van der Waals surface area contributed by atoms with Gasteiger partial charge in [0.25, 0.3) is 0 Å². The van der Waals surface area contributed by atoms with E-state index in [1.54, 1.807) is 29.4 Å². The Bertz CT molecular complexity index is 1340. The normalized spacial score (nSPS) is 11.6. The van der Waals surface area contributed by atoms with Crippen LogP contribution in [0.3, 0.4) is 0 Å². The summed E-state index contributed by atoms with van der Waals surface area (Å²) in [6, 6.07) is 14.3. The summed E-state index contributed by atoms with van der Waals surface area (Å²) < 4.78 is 24.5. The van der Waals surface area contributed by atoms with Gasteiger partial charge in [-0.25, -0.2) is 13.4 Å². The molecule has 0 saturated carbocycles. The summed E-state index contributed by atoms with van der Waals surface area (Å²) in [5, 5.41) is 0.638. The minimum absolute atomic E-state index is 0.115. The van der Waals surface area contributed by atoms with Gasteiger partial charge < -0.3 is 0 Å². The first kappa shape index (κ1) is 22.1. The molecule has 0 aliphatic rings. The summed E-state index contributed by atoms with van der Waals surface area (Å²) in [6.45, 7) is 4.41. The molecule has 4 rings (SSSR count). The lowest BCUT2D eigenvalue weighted by atomic mass is 10.1. The maximum absolute atomic E-state index is 13.4. The number of anilines is 1. The molecule has 164 valence electrons. The van der Waals surface area contributed by atoms with E-state index in [0.29, 0.717) is 11.7 Å². The van der Waals surface area contributed by atoms with E-state index in [0.717, 1.165) is 32.5 Å². The van der Waals surface area contributed by atoms with Crippen LogP contribution in [0.5, 0.6) is 0 Å². The molecule has 0 radical (unpaired) electrons. The van der Waals surface area contributed by atoms with Gasteiger partial charge in [-0.05, 0) is 54.3 Å². The maximum atomic E-state index is 13.4. The first-order valence-corrected chi connectivity index (χ1v) is 12.8. The minimum Gasteiger partial charge on any atom is -0.283 e. The molecule has 0 bridgehead atoms. The molecular formula is C24H23N3O3S2. The molecule has 6 nitrogen and oxygen atoms in total. The van der Waals surface area contributed by atoms with E-state index in [2.05, 4.69) is 11.1 Å². The summed E-state index contributed by atoms with van der Waals surface area (Å²) in [7, 11) is -3.28. The Morgan fingerprint density at radius 2 is 1.72 bits per heavy atom. The van der Waals surface area contributed by atoms with E-state index in [9.17, 15) is 13.2 Å². The zero-order valence-corrected chi connectivity index (χ0v) is 19.7. The number of aryl methyl sites for hydroxylation is 2. The highest BCUT2D eigenvalue weighted by Crippen LogP contribution is 2.34. The van der Waals surface area contributed by atoms with Crippen LogP contribution in [-0.4, -0.2) is 30.5 Å². The number of pyridine rings is 1. The van der Waals surface area contributed by atoms with Crippen molar-refractivity contribution in [2.45, 2.75) is 31.7 Å². The molecule has 2 aromatic heterocycles. The minimum atomic E-state index is -3.28. The molecule has 0 atom stereocenters. The van der Waals surface area contributed by atoms with Crippen molar-refractivity contribution in [3.63, 3.8) is 0 Å². The molecule has 8 heteroatoms. The number of thiazole rings is 1. The van der Waals surface area contributed by atoms with Gasteiger partial charge in [-0.3, -0.25) is 14.7 Å². The van der Waals surface area contributed by atoms with Gasteiger partial charge in [0.15, 0.2) is 15.0 Å². The second kappa shape index (κ2) is 8.80. The second-order valence-electron chi connectivity index (χ2n) is 7.81. The molecule has 0 saturated heterocycles. The van der Waals surface area contributed by atoms with Crippen molar-refractivity contribution in [2.75, 3.05) is 11.2 Å². The smallest absolute Gasteiger partial charge is 0.233 e. The van der Waals surface area contributed by atoms with Crippen molar-refractivity contribution in [3.8, 4) is 0 Å². The summed E-state index contributed by atoms with van der Waals surface area (Å²) in [5.74, 6) is -0.115. The van der Waals surface area contributed by atoms with E-state index in [4.69, 9.17) is 4.98 Å². The SMILES string of the molecule is Cc1ccc(C)c2sc(N(Cc3cccnc3)C(=O)Cc3ccc(S(C)(=O)=O)cc3)nc12. The predicted molar refractivity (Wildman–Crippen MR) is 128 cm³/mol. The van der Waals surface area contributed by atoms with E-state index in [1.807, 2.05) is 32.0 Å². The van der Waals surface area contributed by atoms with E-state index in [1.165, 1.54) is 29.7 Å². The summed E-state index contributed by atoms with van der Waals surface area (Å²) >= 11 is 1.50. The number of benzene rings is 2. The Kier molecular flexibility index (Phi) is 6.08. The molecule has 0 N–H and O–H groups in total. The molecule has 2 heterocycles. The Hall–Kier alpha value is -3.10. The van der Waals surface area contributed by atoms with Crippen molar-refractivity contribution in [3.05, 3.63) is 83.2 Å². The van der Waals surface area contributed by atoms with Crippen LogP contribution in [0.2, 0.25) is 0 Å². The number of sulfone groups is 1. The number of hydrogen-bond donors (Lipinski definition) is 0. The molecule has 2 aromatic carbocycles. The number of carbonyl (C=O) groups is 1. The number of carbonyl (C=O) groups excluding carboxylic acids is 1. The summed E-state index contributed by atoms with van der Waals surface area (Å²) in [5.41, 5.74) is 4.75. The molecule has 0 aliphatic carbocycles. The highest BCUT2D eigenvalue weighted by Gasteiger charge is 2.22. The van der Waals surface area contributed by atoms with Gasteiger partial charge >= 0.3 is 0 Å². The monoisotopic (exact) mass is 465 g/mol. The first-order valence-electron chi connectivity index (χ1n) is 10.1. The Labute approximate surface area is 191 Å². The van der Waals surface area contributed by atoms with Gasteiger partial charge in [0, 0.05) is 18.6 Å². The molecule has 0 unspecified atom stereocenters. The third-order valence-corrected chi connectivity index (χ3v) is 7.58. The molecule has 0 spiro atoms. The molecule has 0 fully saturated rings. The number of aromatic nitrogens is 2. The standard InChI is InChI=1S/C24H23N3O3S2/c1-16-6-7-17(2)23-22(16)26-24(31-23)27(15-19-5-4-12-25-14-19)21(28)13-18-8-10-20(11-9-18)32(3,29)30/h4-12,14H,13,15H2,1-3H3. The zero-order valence-electron chi connectivity index (χ0n) is 18.1. The molecule has 4 aromatic rings. The number of nitrogens with zero attached hydrogens (tertiary/aromatic N) is 3. The van der Waals surface area contributed by atoms with Crippen molar-refractivity contribution in [1.29, 1.82) is 0 Å². The number of rotatable bonds is 6. The lowest BCUT2D eigenvalue weighted by Crippen LogP contribution is -2.31. The Balaban J connectivity index is 1.69. The van der Waals surface area contributed by atoms with Gasteiger partial charge in [-0.1, -0.05) is 41.7 Å². The van der Waals surface area contributed by atoms with E-state index in [-0.39, 0.29) is 17.2 Å². The largest absolute Gasteiger partial charge is 0.283 e. The number of hydrogen-bond acceptors (Lipinski definition) is 6. The third kappa shape index (κ3) is 4.71. The molecule has 32 heavy (non-hydrogen) atoms. The van der Waals surface area contributed by atoms with Crippen molar-refractivity contribution in [2.24, 2.45) is 0 Å². The van der Waals surface area contributed by atoms with Gasteiger partial charge in [-0.15, -0.1) is 0 Å². The van der Waals surface area contributed by atoms with Crippen LogP contribution in [-0.2, 0) is 27.6 Å². The lowest BCUT2D eigenvalue weighted by Gasteiger charge is -2.20. The van der Waals surface area contributed by atoms with Crippen LogP contribution >= 0.6 is 11.3 Å². The van der Waals surface area contributed by atoms with Crippen molar-refractivity contribution in [1.82, 2.24) is 9.97 Å². The first-order chi connectivity index (χ1) is 15.2. The van der Waals surface area contributed by atoms with Crippen molar-refractivity contribution < 1.29 is 13.2 Å². The number of fused-ring (bicyclic) bond motifs is 1. The van der Waals surface area contributed by atoms with Gasteiger partial charge in [0.1, 0.15) is 0 Å². The third-order valence-electron chi connectivity index (χ3n) is 5.23. The molecular weight excluding hydrogens is 442 g/mol. The fourth-order valence-corrected chi connectivity index (χ4v) is 5.18. The van der Waals surface area contributed by atoms with Crippen LogP contribution in [0.15, 0.2) is 65.8 Å². The lowest BCUT2D eigenvalue weighted by molar-refractivity contribution is -0.118. The van der Waals surface area contributed by atoms with Gasteiger partial charge in [0.2, 0.25) is 5.91 Å². The average Bonchev–Trinajstić information content (AvgIpc) is 3.21.